The van der Waals surface area contributed by atoms with Crippen LogP contribution in [0.2, 0.25) is 0 Å². The van der Waals surface area contributed by atoms with Crippen LogP contribution in [0, 0.1) is 0 Å². The number of fused-ring (bicyclic) bond motifs is 3. The third-order valence-electron chi connectivity index (χ3n) is 7.05. The number of aromatic amines is 1. The molecule has 0 unspecified atom stereocenters. The van der Waals surface area contributed by atoms with Crippen LogP contribution in [0.5, 0.6) is 0 Å². The number of para-hydroxylation sites is 1. The van der Waals surface area contributed by atoms with Crippen LogP contribution in [-0.2, 0) is 13.0 Å². The van der Waals surface area contributed by atoms with Gasteiger partial charge in [0.05, 0.1) is 22.5 Å². The lowest BCUT2D eigenvalue weighted by atomic mass is 10.0. The van der Waals surface area contributed by atoms with Crippen molar-refractivity contribution in [2.24, 2.45) is 10.8 Å². The first-order chi connectivity index (χ1) is 18.0. The first-order valence-corrected chi connectivity index (χ1v) is 13.3. The number of carbonyl (C=O) groups excluding carboxylic acids is 1. The summed E-state index contributed by atoms with van der Waals surface area (Å²) in [4.78, 5) is 18.8. The number of likely N-dealkylation sites (N-methyl/N-ethyl adjacent to an activating group) is 1. The van der Waals surface area contributed by atoms with Crippen molar-refractivity contribution < 1.29 is 4.79 Å². The zero-order valence-electron chi connectivity index (χ0n) is 20.7. The Morgan fingerprint density at radius 2 is 1.95 bits per heavy atom. The number of urea groups is 1. The lowest BCUT2D eigenvalue weighted by Crippen LogP contribution is -2.43. The number of primary amides is 1. The van der Waals surface area contributed by atoms with Crippen molar-refractivity contribution >= 4 is 29.3 Å². The quantitative estimate of drug-likeness (QED) is 0.261. The average Bonchev–Trinajstić information content (AvgIpc) is 3.61. The highest BCUT2D eigenvalue weighted by Gasteiger charge is 2.26. The van der Waals surface area contributed by atoms with E-state index in [4.69, 9.17) is 5.73 Å². The molecule has 1 saturated heterocycles. The van der Waals surface area contributed by atoms with Crippen molar-refractivity contribution in [3.05, 3.63) is 82.2 Å². The van der Waals surface area contributed by atoms with Crippen LogP contribution in [-0.4, -0.2) is 65.5 Å². The number of hydrazone groups is 1. The summed E-state index contributed by atoms with van der Waals surface area (Å²) in [6.45, 7) is 5.50. The molecule has 2 aromatic heterocycles. The number of rotatable bonds is 6. The number of thiophene rings is 1. The van der Waals surface area contributed by atoms with Gasteiger partial charge in [0, 0.05) is 55.1 Å². The summed E-state index contributed by atoms with van der Waals surface area (Å²) in [5, 5.41) is 13.5. The number of benzene rings is 2. The number of H-pyrrole nitrogens is 1. The predicted octanol–water partition coefficient (Wildman–Crippen LogP) is 4.38. The highest BCUT2D eigenvalue weighted by Crippen LogP contribution is 2.42. The Labute approximate surface area is 220 Å². The van der Waals surface area contributed by atoms with E-state index in [-0.39, 0.29) is 0 Å². The Balaban J connectivity index is 1.18. The Hall–Kier alpha value is -3.79. The maximum absolute atomic E-state index is 11.9. The third-order valence-corrected chi connectivity index (χ3v) is 8.07. The fourth-order valence-corrected chi connectivity index (χ4v) is 5.93. The van der Waals surface area contributed by atoms with Gasteiger partial charge in [0.1, 0.15) is 5.69 Å². The summed E-state index contributed by atoms with van der Waals surface area (Å²) in [5.74, 6) is 0. The molecule has 4 aromatic rings. The fourth-order valence-electron chi connectivity index (χ4n) is 5.04. The lowest BCUT2D eigenvalue weighted by Gasteiger charge is -2.32. The molecule has 1 fully saturated rings. The molecular weight excluding hydrogens is 482 g/mol. The molecule has 37 heavy (non-hydrogen) atoms. The molecule has 0 atom stereocenters. The van der Waals surface area contributed by atoms with Gasteiger partial charge >= 0.3 is 6.03 Å². The molecule has 2 amide bonds. The Bertz CT molecular complexity index is 1450. The number of amides is 2. The summed E-state index contributed by atoms with van der Waals surface area (Å²) in [5.41, 5.74) is 13.5. The van der Waals surface area contributed by atoms with Crippen molar-refractivity contribution in [3.8, 4) is 21.8 Å². The molecule has 1 aliphatic carbocycles. The zero-order chi connectivity index (χ0) is 25.4. The van der Waals surface area contributed by atoms with Gasteiger partial charge in [-0.15, -0.1) is 11.3 Å². The minimum Gasteiger partial charge on any atom is -0.350 e. The number of anilines is 1. The van der Waals surface area contributed by atoms with E-state index in [0.717, 1.165) is 60.3 Å². The van der Waals surface area contributed by atoms with E-state index in [0.29, 0.717) is 5.69 Å². The second-order valence-corrected chi connectivity index (χ2v) is 10.7. The number of nitrogens with one attached hydrogen (secondary N) is 1. The number of hydrogen-bond donors (Lipinski definition) is 2. The highest BCUT2D eigenvalue weighted by atomic mass is 32.1. The van der Waals surface area contributed by atoms with Crippen LogP contribution in [0.25, 0.3) is 21.8 Å². The van der Waals surface area contributed by atoms with Gasteiger partial charge in [0.2, 0.25) is 0 Å². The number of nitrogens with zero attached hydrogens (tertiary/aromatic N) is 5. The van der Waals surface area contributed by atoms with Gasteiger partial charge in [-0.05, 0) is 42.4 Å². The van der Waals surface area contributed by atoms with E-state index in [1.165, 1.54) is 27.3 Å². The number of aromatic nitrogens is 2. The number of piperazine rings is 1. The topological polar surface area (TPSA) is 93.8 Å². The molecule has 2 aliphatic rings. The average molecular weight is 512 g/mol. The Kier molecular flexibility index (Phi) is 6.33. The van der Waals surface area contributed by atoms with E-state index in [9.17, 15) is 4.79 Å². The van der Waals surface area contributed by atoms with Crippen LogP contribution >= 0.6 is 11.3 Å². The van der Waals surface area contributed by atoms with Gasteiger partial charge in [-0.2, -0.15) is 15.2 Å². The van der Waals surface area contributed by atoms with Gasteiger partial charge < -0.3 is 10.6 Å². The van der Waals surface area contributed by atoms with Crippen molar-refractivity contribution in [1.29, 1.82) is 0 Å². The molecule has 2 aromatic carbocycles. The van der Waals surface area contributed by atoms with Gasteiger partial charge in [-0.25, -0.2) is 4.79 Å². The standard InChI is InChI=1S/C28H29N7OS/c1-33-11-13-34(14-12-33)18-19-7-9-23-20(15-19)16-24-26(23)31-32-27(24)25-10-8-22(37-25)17-30-35(28(29)36)21-5-3-2-4-6-21/h2-10,15,17H,11-14,16,18H2,1H3,(H2,29,36)(H,31,32)/b30-17+. The fraction of sp³-hybridized carbons (Fsp3) is 0.250. The lowest BCUT2D eigenvalue weighted by molar-refractivity contribution is 0.148. The molecule has 0 saturated carbocycles. The van der Waals surface area contributed by atoms with Crippen molar-refractivity contribution in [2.45, 2.75) is 13.0 Å². The van der Waals surface area contributed by atoms with Crippen molar-refractivity contribution in [1.82, 2.24) is 20.0 Å². The minimum absolute atomic E-state index is 0.623. The SMILES string of the molecule is CN1CCN(Cc2ccc3c(c2)Cc2c(-c4ccc(/C=N/N(C(N)=O)c5ccccc5)s4)n[nH]c2-3)CC1. The first-order valence-electron chi connectivity index (χ1n) is 12.4. The van der Waals surface area contributed by atoms with E-state index in [1.54, 1.807) is 29.7 Å². The smallest absolute Gasteiger partial charge is 0.340 e. The van der Waals surface area contributed by atoms with E-state index in [1.807, 2.05) is 24.3 Å². The van der Waals surface area contributed by atoms with E-state index < -0.39 is 6.03 Å². The maximum atomic E-state index is 11.9. The summed E-state index contributed by atoms with van der Waals surface area (Å²) in [6.07, 6.45) is 2.54. The number of nitrogens with two attached hydrogens (primary N) is 1. The van der Waals surface area contributed by atoms with E-state index in [2.05, 4.69) is 56.4 Å². The number of carbonyl (C=O) groups is 1. The Morgan fingerprint density at radius 3 is 2.73 bits per heavy atom. The third kappa shape index (κ3) is 4.81. The van der Waals surface area contributed by atoms with Crippen molar-refractivity contribution in [3.63, 3.8) is 0 Å². The molecule has 3 heterocycles. The Morgan fingerprint density at radius 1 is 1.14 bits per heavy atom. The molecule has 6 rings (SSSR count). The van der Waals surface area contributed by atoms with Gasteiger partial charge in [-0.3, -0.25) is 10.00 Å². The summed E-state index contributed by atoms with van der Waals surface area (Å²) < 4.78 is 0. The monoisotopic (exact) mass is 511 g/mol. The maximum Gasteiger partial charge on any atom is 0.340 e. The summed E-state index contributed by atoms with van der Waals surface area (Å²) in [7, 11) is 2.19. The molecule has 0 spiro atoms. The van der Waals surface area contributed by atoms with Gasteiger partial charge in [0.15, 0.2) is 0 Å². The van der Waals surface area contributed by atoms with Crippen LogP contribution in [0.15, 0.2) is 65.8 Å². The molecule has 3 N–H and O–H groups in total. The normalized spacial score (nSPS) is 15.7. The molecular formula is C28H29N7OS. The van der Waals surface area contributed by atoms with Crippen molar-refractivity contribution in [2.75, 3.05) is 38.2 Å². The molecule has 188 valence electrons. The minimum atomic E-state index is -0.630. The van der Waals surface area contributed by atoms with Gasteiger partial charge in [-0.1, -0.05) is 36.4 Å². The molecule has 8 nitrogen and oxygen atoms in total. The second-order valence-electron chi connectivity index (χ2n) is 9.61. The highest BCUT2D eigenvalue weighted by molar-refractivity contribution is 7.17. The largest absolute Gasteiger partial charge is 0.350 e. The molecule has 0 bridgehead atoms. The van der Waals surface area contributed by atoms with Crippen LogP contribution in [0.1, 0.15) is 21.6 Å². The molecule has 1 aliphatic heterocycles. The van der Waals surface area contributed by atoms with Crippen LogP contribution in [0.3, 0.4) is 0 Å². The summed E-state index contributed by atoms with van der Waals surface area (Å²) >= 11 is 1.59. The zero-order valence-corrected chi connectivity index (χ0v) is 21.5. The number of hydrogen-bond acceptors (Lipinski definition) is 6. The van der Waals surface area contributed by atoms with Gasteiger partial charge in [0.25, 0.3) is 0 Å². The summed E-state index contributed by atoms with van der Waals surface area (Å²) in [6, 6.07) is 19.4. The molecule has 0 radical (unpaired) electrons. The second kappa shape index (κ2) is 9.93. The predicted molar refractivity (Wildman–Crippen MR) is 149 cm³/mol. The van der Waals surface area contributed by atoms with E-state index >= 15 is 0 Å². The molecule has 9 heteroatoms. The van der Waals surface area contributed by atoms with Crippen LogP contribution < -0.4 is 10.7 Å². The first kappa shape index (κ1) is 23.6. The van der Waals surface area contributed by atoms with Crippen LogP contribution in [0.4, 0.5) is 10.5 Å².